The van der Waals surface area contributed by atoms with Gasteiger partial charge in [-0.3, -0.25) is 0 Å². The Labute approximate surface area is 137 Å². The molecule has 0 amide bonds. The fraction of sp³-hybridized carbons (Fsp3) is 0.176. The molecule has 0 bridgehead atoms. The molecule has 112 valence electrons. The molecule has 0 fully saturated rings. The van der Waals surface area contributed by atoms with Gasteiger partial charge in [-0.1, -0.05) is 40.2 Å². The minimum Gasteiger partial charge on any atom is -0.490 e. The van der Waals surface area contributed by atoms with Crippen molar-refractivity contribution in [2.24, 2.45) is 0 Å². The average Bonchev–Trinajstić information content (AvgIpc) is 2.52. The fourth-order valence-corrected chi connectivity index (χ4v) is 2.27. The molecule has 2 aromatic rings. The van der Waals surface area contributed by atoms with E-state index in [0.29, 0.717) is 16.9 Å². The molecule has 0 aromatic heterocycles. The number of rotatable bonds is 6. The zero-order valence-electron chi connectivity index (χ0n) is 11.8. The molecule has 0 aliphatic rings. The highest BCUT2D eigenvalue weighted by molar-refractivity contribution is 9.10. The fourth-order valence-electron chi connectivity index (χ4n) is 1.89. The van der Waals surface area contributed by atoms with Gasteiger partial charge in [0.1, 0.15) is 19.0 Å². The SMILES string of the molecule is N#CCc1ccccc1C(=O)OCCOc1cccc(Br)c1. The lowest BCUT2D eigenvalue weighted by Gasteiger charge is -2.09. The molecule has 4 nitrogen and oxygen atoms in total. The summed E-state index contributed by atoms with van der Waals surface area (Å²) >= 11 is 3.36. The van der Waals surface area contributed by atoms with Crippen LogP contribution >= 0.6 is 15.9 Å². The number of halogens is 1. The summed E-state index contributed by atoms with van der Waals surface area (Å²) in [7, 11) is 0. The normalized spacial score (nSPS) is 9.82. The smallest absolute Gasteiger partial charge is 0.338 e. The van der Waals surface area contributed by atoms with E-state index in [0.717, 1.165) is 4.47 Å². The van der Waals surface area contributed by atoms with E-state index >= 15 is 0 Å². The summed E-state index contributed by atoms with van der Waals surface area (Å²) in [5.41, 5.74) is 1.09. The maximum Gasteiger partial charge on any atom is 0.338 e. The Morgan fingerprint density at radius 1 is 1.14 bits per heavy atom. The van der Waals surface area contributed by atoms with Crippen molar-refractivity contribution < 1.29 is 14.3 Å². The van der Waals surface area contributed by atoms with Gasteiger partial charge in [-0.25, -0.2) is 4.79 Å². The van der Waals surface area contributed by atoms with Gasteiger partial charge in [-0.05, 0) is 29.8 Å². The molecule has 2 rings (SSSR count). The summed E-state index contributed by atoms with van der Waals surface area (Å²) in [6, 6.07) is 16.4. The first-order valence-electron chi connectivity index (χ1n) is 6.71. The highest BCUT2D eigenvalue weighted by Gasteiger charge is 2.11. The monoisotopic (exact) mass is 359 g/mol. The third kappa shape index (κ3) is 4.61. The van der Waals surface area contributed by atoms with Crippen LogP contribution in [0.4, 0.5) is 0 Å². The van der Waals surface area contributed by atoms with E-state index < -0.39 is 5.97 Å². The number of hydrogen-bond acceptors (Lipinski definition) is 4. The van der Waals surface area contributed by atoms with Crippen molar-refractivity contribution in [1.82, 2.24) is 0 Å². The first kappa shape index (κ1) is 16.1. The maximum atomic E-state index is 12.0. The van der Waals surface area contributed by atoms with Crippen LogP contribution in [0.5, 0.6) is 5.75 Å². The number of hydrogen-bond donors (Lipinski definition) is 0. The van der Waals surface area contributed by atoms with Crippen molar-refractivity contribution in [2.45, 2.75) is 6.42 Å². The van der Waals surface area contributed by atoms with Crippen molar-refractivity contribution in [1.29, 1.82) is 5.26 Å². The van der Waals surface area contributed by atoms with Gasteiger partial charge in [0.05, 0.1) is 18.1 Å². The summed E-state index contributed by atoms with van der Waals surface area (Å²) in [5.74, 6) is 0.263. The zero-order chi connectivity index (χ0) is 15.8. The van der Waals surface area contributed by atoms with Crippen molar-refractivity contribution >= 4 is 21.9 Å². The van der Waals surface area contributed by atoms with Gasteiger partial charge >= 0.3 is 5.97 Å². The number of benzene rings is 2. The van der Waals surface area contributed by atoms with Crippen molar-refractivity contribution in [3.63, 3.8) is 0 Å². The van der Waals surface area contributed by atoms with Crippen molar-refractivity contribution in [3.8, 4) is 11.8 Å². The Morgan fingerprint density at radius 2 is 1.95 bits per heavy atom. The molecule has 0 heterocycles. The summed E-state index contributed by atoms with van der Waals surface area (Å²) < 4.78 is 11.6. The minimum atomic E-state index is -0.441. The van der Waals surface area contributed by atoms with Crippen LogP contribution in [0.25, 0.3) is 0 Å². The summed E-state index contributed by atoms with van der Waals surface area (Å²) in [4.78, 5) is 12.0. The molecule has 0 N–H and O–H groups in total. The van der Waals surface area contributed by atoms with Gasteiger partial charge < -0.3 is 9.47 Å². The lowest BCUT2D eigenvalue weighted by atomic mass is 10.1. The Morgan fingerprint density at radius 3 is 2.73 bits per heavy atom. The van der Waals surface area contributed by atoms with Gasteiger partial charge in [-0.15, -0.1) is 0 Å². The second-order valence-electron chi connectivity index (χ2n) is 4.43. The summed E-state index contributed by atoms with van der Waals surface area (Å²) in [6.45, 7) is 0.412. The number of esters is 1. The quantitative estimate of drug-likeness (QED) is 0.582. The van der Waals surface area contributed by atoms with Crippen LogP contribution in [0.3, 0.4) is 0 Å². The van der Waals surface area contributed by atoms with Crippen molar-refractivity contribution in [2.75, 3.05) is 13.2 Å². The molecule has 0 aliphatic heterocycles. The molecule has 0 atom stereocenters. The molecule has 0 radical (unpaired) electrons. The molecule has 0 spiro atoms. The van der Waals surface area contributed by atoms with Gasteiger partial charge in [-0.2, -0.15) is 5.26 Å². The number of nitriles is 1. The minimum absolute atomic E-state index is 0.145. The third-order valence-corrected chi connectivity index (χ3v) is 3.38. The number of carbonyl (C=O) groups is 1. The zero-order valence-corrected chi connectivity index (χ0v) is 13.4. The summed E-state index contributed by atoms with van der Waals surface area (Å²) in [6.07, 6.45) is 0.180. The lowest BCUT2D eigenvalue weighted by molar-refractivity contribution is 0.0449. The van der Waals surface area contributed by atoms with Gasteiger partial charge in [0, 0.05) is 4.47 Å². The van der Waals surface area contributed by atoms with Gasteiger partial charge in [0.2, 0.25) is 0 Å². The van der Waals surface area contributed by atoms with E-state index in [1.54, 1.807) is 24.3 Å². The van der Waals surface area contributed by atoms with E-state index in [9.17, 15) is 4.79 Å². The van der Waals surface area contributed by atoms with Crippen LogP contribution in [0, 0.1) is 11.3 Å². The van der Waals surface area contributed by atoms with E-state index in [-0.39, 0.29) is 19.6 Å². The predicted octanol–water partition coefficient (Wildman–Crippen LogP) is 3.75. The predicted molar refractivity (Wildman–Crippen MR) is 85.7 cm³/mol. The number of carbonyl (C=O) groups excluding carboxylic acids is 1. The summed E-state index contributed by atoms with van der Waals surface area (Å²) in [5, 5.41) is 8.76. The van der Waals surface area contributed by atoms with E-state index in [2.05, 4.69) is 15.9 Å². The largest absolute Gasteiger partial charge is 0.490 e. The van der Waals surface area contributed by atoms with E-state index in [1.165, 1.54) is 0 Å². The van der Waals surface area contributed by atoms with Crippen molar-refractivity contribution in [3.05, 3.63) is 64.1 Å². The van der Waals surface area contributed by atoms with Crippen LogP contribution in [0.2, 0.25) is 0 Å². The molecule has 0 saturated heterocycles. The molecular formula is C17H14BrNO3. The highest BCUT2D eigenvalue weighted by atomic mass is 79.9. The van der Waals surface area contributed by atoms with E-state index in [4.69, 9.17) is 14.7 Å². The number of ether oxygens (including phenoxy) is 2. The number of nitrogens with zero attached hydrogens (tertiary/aromatic N) is 1. The van der Waals surface area contributed by atoms with Gasteiger partial charge in [0.25, 0.3) is 0 Å². The maximum absolute atomic E-state index is 12.0. The van der Waals surface area contributed by atoms with Crippen LogP contribution < -0.4 is 4.74 Å². The second-order valence-corrected chi connectivity index (χ2v) is 5.35. The first-order chi connectivity index (χ1) is 10.7. The van der Waals surface area contributed by atoms with Crippen LogP contribution in [-0.4, -0.2) is 19.2 Å². The Kier molecular flexibility index (Phi) is 5.99. The first-order valence-corrected chi connectivity index (χ1v) is 7.50. The average molecular weight is 360 g/mol. The molecule has 0 saturated carbocycles. The third-order valence-electron chi connectivity index (χ3n) is 2.89. The molecular weight excluding hydrogens is 346 g/mol. The Balaban J connectivity index is 1.85. The molecule has 5 heteroatoms. The Bertz CT molecular complexity index is 694. The Hall–Kier alpha value is -2.32. The van der Waals surface area contributed by atoms with E-state index in [1.807, 2.05) is 30.3 Å². The van der Waals surface area contributed by atoms with Crippen LogP contribution in [0.15, 0.2) is 53.0 Å². The molecule has 2 aromatic carbocycles. The van der Waals surface area contributed by atoms with Crippen LogP contribution in [0.1, 0.15) is 15.9 Å². The molecule has 22 heavy (non-hydrogen) atoms. The topological polar surface area (TPSA) is 59.3 Å². The van der Waals surface area contributed by atoms with Crippen LogP contribution in [-0.2, 0) is 11.2 Å². The van der Waals surface area contributed by atoms with Gasteiger partial charge in [0.15, 0.2) is 0 Å². The molecule has 0 unspecified atom stereocenters. The molecule has 0 aliphatic carbocycles. The lowest BCUT2D eigenvalue weighted by Crippen LogP contribution is -2.13. The second kappa shape index (κ2) is 8.20. The standard InChI is InChI=1S/C17H14BrNO3/c18-14-5-3-6-15(12-14)21-10-11-22-17(20)16-7-2-1-4-13(16)8-9-19/h1-7,12H,8,10-11H2. The highest BCUT2D eigenvalue weighted by Crippen LogP contribution is 2.17.